The van der Waals surface area contributed by atoms with E-state index in [0.29, 0.717) is 70.6 Å². The molecule has 4 aliphatic carbocycles. The largest absolute Gasteiger partial charge is 0.461 e. The van der Waals surface area contributed by atoms with Gasteiger partial charge in [0.25, 0.3) is 0 Å². The lowest BCUT2D eigenvalue weighted by atomic mass is 9.95. The lowest BCUT2D eigenvalue weighted by molar-refractivity contribution is -0.151. The Morgan fingerprint density at radius 2 is 0.913 bits per heavy atom. The van der Waals surface area contributed by atoms with E-state index in [1.54, 1.807) is 55.4 Å². The molecular formula is C50H76N8O11. The predicted octanol–water partition coefficient (Wildman–Crippen LogP) is 3.08. The predicted molar refractivity (Wildman–Crippen MR) is 254 cm³/mol. The molecule has 382 valence electrons. The average molecular weight is 965 g/mol. The molecule has 69 heavy (non-hydrogen) atoms. The van der Waals surface area contributed by atoms with Crippen LogP contribution < -0.4 is 42.5 Å². The number of amides is 8. The molecule has 8 amide bonds. The van der Waals surface area contributed by atoms with Crippen LogP contribution in [0.15, 0.2) is 30.3 Å². The number of hydrogen-bond acceptors (Lipinski definition) is 11. The van der Waals surface area contributed by atoms with Crippen molar-refractivity contribution in [1.29, 1.82) is 0 Å². The van der Waals surface area contributed by atoms with E-state index >= 15 is 0 Å². The number of nitrogens with one attached hydrogen (secondary N) is 8. The van der Waals surface area contributed by atoms with E-state index in [-0.39, 0.29) is 12.6 Å². The molecule has 0 heterocycles. The summed E-state index contributed by atoms with van der Waals surface area (Å²) >= 11 is 0. The van der Waals surface area contributed by atoms with Crippen LogP contribution in [-0.4, -0.2) is 106 Å². The standard InChI is InChI=1S/C50H76N8O11/c1-28(51-41(61)31-19-13-23-35(31)53-40(60)29(2)52-47(67)69-48(3,4)5)39(59)54-36-24-14-20-32(36)42(62)57-49(6,7)45(65)55-37-25-15-21-33(37)43(63)58-50(8,9)46(66)56-38-26-16-22-34(38)44(64)68-27-30-17-11-10-12-18-30/h10-12,17-18,28-29,31-38H,13-16,19-27H2,1-9H3,(H,51,61)(H,52,67)(H,53,60)(H,54,59)(H,55,65)(H,56,66)(H,57,62)(H,58,63)/t28-,29-,31-,32-,33-,34-,35-,36-,37-,38-/m0/s1. The van der Waals surface area contributed by atoms with Crippen LogP contribution in [0.3, 0.4) is 0 Å². The third kappa shape index (κ3) is 15.1. The molecule has 1 aromatic rings. The summed E-state index contributed by atoms with van der Waals surface area (Å²) in [6.45, 7) is 14.7. The van der Waals surface area contributed by atoms with Gasteiger partial charge in [0, 0.05) is 24.2 Å². The second-order valence-electron chi connectivity index (χ2n) is 21.5. The van der Waals surface area contributed by atoms with Crippen LogP contribution in [0.4, 0.5) is 4.79 Å². The summed E-state index contributed by atoms with van der Waals surface area (Å²) in [6.07, 6.45) is 6.20. The molecule has 10 atom stereocenters. The topological polar surface area (TPSA) is 268 Å². The second-order valence-corrected chi connectivity index (χ2v) is 21.5. The van der Waals surface area contributed by atoms with Gasteiger partial charge in [0.2, 0.25) is 41.4 Å². The van der Waals surface area contributed by atoms with Crippen molar-refractivity contribution in [3.05, 3.63) is 35.9 Å². The van der Waals surface area contributed by atoms with Gasteiger partial charge in [-0.15, -0.1) is 0 Å². The Kier molecular flexibility index (Phi) is 18.3. The van der Waals surface area contributed by atoms with Crippen molar-refractivity contribution in [2.45, 2.75) is 199 Å². The minimum absolute atomic E-state index is 0.139. The van der Waals surface area contributed by atoms with Crippen molar-refractivity contribution in [3.63, 3.8) is 0 Å². The van der Waals surface area contributed by atoms with E-state index in [1.165, 1.54) is 6.92 Å². The number of esters is 1. The Balaban J connectivity index is 1.07. The van der Waals surface area contributed by atoms with Gasteiger partial charge >= 0.3 is 12.1 Å². The van der Waals surface area contributed by atoms with Gasteiger partial charge in [-0.1, -0.05) is 56.0 Å². The Labute approximate surface area is 406 Å². The molecule has 19 heteroatoms. The number of benzene rings is 1. The zero-order valence-corrected chi connectivity index (χ0v) is 41.8. The minimum Gasteiger partial charge on any atom is -0.461 e. The highest BCUT2D eigenvalue weighted by molar-refractivity contribution is 5.95. The van der Waals surface area contributed by atoms with Crippen LogP contribution in [0.2, 0.25) is 0 Å². The minimum atomic E-state index is -1.39. The summed E-state index contributed by atoms with van der Waals surface area (Å²) in [5.74, 6) is -5.83. The second kappa shape index (κ2) is 23.2. The highest BCUT2D eigenvalue weighted by Crippen LogP contribution is 2.31. The van der Waals surface area contributed by atoms with Crippen LogP contribution in [-0.2, 0) is 54.4 Å². The van der Waals surface area contributed by atoms with E-state index in [4.69, 9.17) is 9.47 Å². The van der Waals surface area contributed by atoms with Gasteiger partial charge in [-0.2, -0.15) is 0 Å². The quantitative estimate of drug-likeness (QED) is 0.0992. The van der Waals surface area contributed by atoms with Crippen molar-refractivity contribution in [2.75, 3.05) is 0 Å². The van der Waals surface area contributed by atoms with Crippen molar-refractivity contribution in [2.24, 2.45) is 23.7 Å². The molecule has 1 aromatic carbocycles. The maximum absolute atomic E-state index is 13.8. The van der Waals surface area contributed by atoms with Crippen LogP contribution in [0.5, 0.6) is 0 Å². The molecule has 0 bridgehead atoms. The first-order chi connectivity index (χ1) is 32.3. The van der Waals surface area contributed by atoms with Gasteiger partial charge in [-0.05, 0) is 119 Å². The maximum Gasteiger partial charge on any atom is 0.408 e. The van der Waals surface area contributed by atoms with Gasteiger partial charge < -0.3 is 52.0 Å². The molecule has 4 saturated carbocycles. The van der Waals surface area contributed by atoms with Crippen LogP contribution in [0, 0.1) is 23.7 Å². The van der Waals surface area contributed by atoms with E-state index in [1.807, 2.05) is 30.3 Å². The molecule has 0 saturated heterocycles. The number of carbonyl (C=O) groups excluding carboxylic acids is 9. The fourth-order valence-corrected chi connectivity index (χ4v) is 9.75. The summed E-state index contributed by atoms with van der Waals surface area (Å²) in [5.41, 5.74) is -2.60. The van der Waals surface area contributed by atoms with Crippen molar-refractivity contribution >= 4 is 53.4 Å². The molecule has 5 rings (SSSR count). The number of hydrogen-bond donors (Lipinski definition) is 8. The van der Waals surface area contributed by atoms with Crippen molar-refractivity contribution in [1.82, 2.24) is 42.5 Å². The zero-order valence-electron chi connectivity index (χ0n) is 41.8. The Bertz CT molecular complexity index is 2060. The molecule has 4 fully saturated rings. The first-order valence-electron chi connectivity index (χ1n) is 24.7. The Hall–Kier alpha value is -5.75. The fraction of sp³-hybridized carbons (Fsp3) is 0.700. The van der Waals surface area contributed by atoms with E-state index in [9.17, 15) is 43.2 Å². The smallest absolute Gasteiger partial charge is 0.408 e. The monoisotopic (exact) mass is 965 g/mol. The molecule has 0 spiro atoms. The maximum atomic E-state index is 13.8. The lowest BCUT2D eigenvalue weighted by Crippen LogP contribution is -2.61. The third-order valence-electron chi connectivity index (χ3n) is 13.8. The number of alkyl carbamates (subject to hydrolysis) is 1. The van der Waals surface area contributed by atoms with Gasteiger partial charge in [0.05, 0.1) is 23.7 Å². The van der Waals surface area contributed by atoms with Crippen LogP contribution in [0.1, 0.15) is 145 Å². The van der Waals surface area contributed by atoms with Gasteiger partial charge in [0.1, 0.15) is 35.4 Å². The van der Waals surface area contributed by atoms with Crippen molar-refractivity contribution < 1.29 is 52.6 Å². The highest BCUT2D eigenvalue weighted by atomic mass is 16.6. The molecule has 0 unspecified atom stereocenters. The van der Waals surface area contributed by atoms with E-state index in [0.717, 1.165) is 12.0 Å². The summed E-state index contributed by atoms with van der Waals surface area (Å²) in [4.78, 5) is 120. The molecule has 4 aliphatic rings. The summed E-state index contributed by atoms with van der Waals surface area (Å²) < 4.78 is 10.8. The SMILES string of the molecule is C[C@H](NC(=O)OC(C)(C)C)C(=O)N[C@H]1CCC[C@@H]1C(=O)N[C@@H](C)C(=O)N[C@H]1CCC[C@@H]1C(=O)NC(C)(C)C(=O)N[C@H]1CCC[C@@H]1C(=O)NC(C)(C)C(=O)N[C@H]1CCC[C@@H]1C(=O)OCc1ccccc1. The van der Waals surface area contributed by atoms with Crippen LogP contribution >= 0.6 is 0 Å². The van der Waals surface area contributed by atoms with Crippen LogP contribution in [0.25, 0.3) is 0 Å². The van der Waals surface area contributed by atoms with Gasteiger partial charge in [-0.25, -0.2) is 4.79 Å². The first-order valence-corrected chi connectivity index (χ1v) is 24.7. The molecule has 0 aliphatic heterocycles. The number of carbonyl (C=O) groups is 9. The zero-order chi connectivity index (χ0) is 50.8. The normalized spacial score (nSPS) is 25.5. The molecular weight excluding hydrogens is 889 g/mol. The first kappa shape index (κ1) is 54.2. The van der Waals surface area contributed by atoms with E-state index in [2.05, 4.69) is 42.5 Å². The van der Waals surface area contributed by atoms with E-state index < -0.39 is 124 Å². The summed E-state index contributed by atoms with van der Waals surface area (Å²) in [5, 5.41) is 22.7. The Morgan fingerprint density at radius 1 is 0.522 bits per heavy atom. The van der Waals surface area contributed by atoms with Crippen molar-refractivity contribution in [3.8, 4) is 0 Å². The van der Waals surface area contributed by atoms with Gasteiger partial charge in [-0.3, -0.25) is 38.4 Å². The molecule has 0 aromatic heterocycles. The third-order valence-corrected chi connectivity index (χ3v) is 13.8. The summed E-state index contributed by atoms with van der Waals surface area (Å²) in [7, 11) is 0. The van der Waals surface area contributed by atoms with Gasteiger partial charge in [0.15, 0.2) is 0 Å². The average Bonchev–Trinajstić information content (AvgIpc) is 4.11. The highest BCUT2D eigenvalue weighted by Gasteiger charge is 2.44. The fourth-order valence-electron chi connectivity index (χ4n) is 9.75. The molecule has 0 radical (unpaired) electrons. The molecule has 19 nitrogen and oxygen atoms in total. The molecule has 8 N–H and O–H groups in total. The number of ether oxygens (including phenoxy) is 2. The summed E-state index contributed by atoms with van der Waals surface area (Å²) in [6, 6.07) is 5.46. The Morgan fingerprint density at radius 3 is 1.36 bits per heavy atom. The lowest BCUT2D eigenvalue weighted by Gasteiger charge is -2.33. The number of rotatable bonds is 18.